The smallest absolute Gasteiger partial charge is 0.337 e. The van der Waals surface area contributed by atoms with E-state index in [9.17, 15) is 9.90 Å². The lowest BCUT2D eigenvalue weighted by Crippen LogP contribution is -2.48. The van der Waals surface area contributed by atoms with E-state index in [1.54, 1.807) is 19.1 Å². The van der Waals surface area contributed by atoms with E-state index in [0.29, 0.717) is 11.3 Å². The predicted octanol–water partition coefficient (Wildman–Crippen LogP) is 2.41. The second-order valence-electron chi connectivity index (χ2n) is 4.99. The van der Waals surface area contributed by atoms with Crippen molar-refractivity contribution in [3.05, 3.63) is 54.1 Å². The van der Waals surface area contributed by atoms with Gasteiger partial charge in [0.2, 0.25) is 0 Å². The second-order valence-corrected chi connectivity index (χ2v) is 4.99. The number of hydrogen-bond donors (Lipinski definition) is 2. The lowest BCUT2D eigenvalue weighted by molar-refractivity contribution is -0.159. The van der Waals surface area contributed by atoms with Gasteiger partial charge in [-0.05, 0) is 18.6 Å². The summed E-state index contributed by atoms with van der Waals surface area (Å²) in [6.45, 7) is 1.60. The van der Waals surface area contributed by atoms with E-state index >= 15 is 0 Å². The van der Waals surface area contributed by atoms with Crippen LogP contribution < -0.4 is 4.74 Å². The number of fused-ring (bicyclic) bond motifs is 3. The maximum Gasteiger partial charge on any atom is 0.337 e. The Bertz CT molecular complexity index is 680. The molecule has 0 amide bonds. The minimum atomic E-state index is -1.64. The molecule has 3 rings (SSSR count). The zero-order valence-corrected chi connectivity index (χ0v) is 10.9. The third-order valence-electron chi connectivity index (χ3n) is 3.72. The van der Waals surface area contributed by atoms with Crippen LogP contribution in [0.25, 0.3) is 11.1 Å². The van der Waals surface area contributed by atoms with Crippen LogP contribution in [0.15, 0.2) is 48.5 Å². The van der Waals surface area contributed by atoms with Gasteiger partial charge in [0.25, 0.3) is 0 Å². The maximum atomic E-state index is 11.2. The Balaban J connectivity index is 2.25. The number of aliphatic hydroxyl groups excluding tert-OH is 1. The van der Waals surface area contributed by atoms with Gasteiger partial charge in [-0.2, -0.15) is 0 Å². The molecule has 0 bridgehead atoms. The van der Waals surface area contributed by atoms with Gasteiger partial charge in [0.05, 0.1) is 0 Å². The zero-order chi connectivity index (χ0) is 14.3. The molecule has 0 spiro atoms. The van der Waals surface area contributed by atoms with E-state index in [1.807, 2.05) is 36.4 Å². The number of benzene rings is 2. The lowest BCUT2D eigenvalue weighted by Gasteiger charge is -2.39. The fourth-order valence-electron chi connectivity index (χ4n) is 2.65. The fraction of sp³-hybridized carbons (Fsp3) is 0.188. The van der Waals surface area contributed by atoms with Crippen molar-refractivity contribution in [1.29, 1.82) is 0 Å². The summed E-state index contributed by atoms with van der Waals surface area (Å²) in [5.41, 5.74) is 1.15. The summed E-state index contributed by atoms with van der Waals surface area (Å²) in [6, 6.07) is 14.8. The third-order valence-corrected chi connectivity index (χ3v) is 3.72. The van der Waals surface area contributed by atoms with Crippen LogP contribution in [-0.4, -0.2) is 22.3 Å². The minimum Gasteiger partial charge on any atom is -0.479 e. The predicted molar refractivity (Wildman–Crippen MR) is 73.5 cm³/mol. The first-order valence-electron chi connectivity index (χ1n) is 6.33. The molecule has 0 fully saturated rings. The molecule has 0 saturated heterocycles. The van der Waals surface area contributed by atoms with Crippen LogP contribution in [-0.2, 0) is 10.4 Å². The molecule has 2 aromatic carbocycles. The molecule has 0 saturated carbocycles. The highest BCUT2D eigenvalue weighted by molar-refractivity contribution is 5.80. The van der Waals surface area contributed by atoms with Crippen molar-refractivity contribution >= 4 is 5.97 Å². The van der Waals surface area contributed by atoms with Crippen LogP contribution in [0.5, 0.6) is 5.75 Å². The maximum absolute atomic E-state index is 11.2. The molecule has 2 N–H and O–H groups in total. The Labute approximate surface area is 116 Å². The molecule has 2 aromatic rings. The molecule has 4 nitrogen and oxygen atoms in total. The Kier molecular flexibility index (Phi) is 2.76. The molecule has 1 aliphatic rings. The fourth-order valence-corrected chi connectivity index (χ4v) is 2.65. The van der Waals surface area contributed by atoms with Crippen molar-refractivity contribution in [2.45, 2.75) is 18.6 Å². The van der Waals surface area contributed by atoms with E-state index in [-0.39, 0.29) is 0 Å². The van der Waals surface area contributed by atoms with Crippen LogP contribution in [0, 0.1) is 0 Å². The van der Waals surface area contributed by atoms with Gasteiger partial charge in [0, 0.05) is 11.1 Å². The number of carboxylic acids is 1. The average molecular weight is 270 g/mol. The quantitative estimate of drug-likeness (QED) is 0.879. The summed E-state index contributed by atoms with van der Waals surface area (Å²) in [6.07, 6.45) is -1.64. The van der Waals surface area contributed by atoms with Crippen molar-refractivity contribution in [2.75, 3.05) is 0 Å². The summed E-state index contributed by atoms with van der Waals surface area (Å²) in [7, 11) is 0. The number of aliphatic hydroxyl groups is 1. The molecule has 1 aliphatic heterocycles. The van der Waals surface area contributed by atoms with Gasteiger partial charge >= 0.3 is 5.97 Å². The van der Waals surface area contributed by atoms with Gasteiger partial charge < -0.3 is 14.9 Å². The van der Waals surface area contributed by atoms with Crippen molar-refractivity contribution in [1.82, 2.24) is 0 Å². The number of para-hydroxylation sites is 1. The lowest BCUT2D eigenvalue weighted by atomic mass is 9.81. The molecule has 102 valence electrons. The standard InChI is InChI=1S/C16H14O4/c1-16(14(17)15(18)19)12-8-4-2-6-10(12)11-7-3-5-9-13(11)20-16/h2-9,14,17H,1H3,(H,18,19). The molecule has 1 heterocycles. The molecular formula is C16H14O4. The van der Waals surface area contributed by atoms with Gasteiger partial charge in [-0.3, -0.25) is 0 Å². The van der Waals surface area contributed by atoms with Gasteiger partial charge in [0.15, 0.2) is 11.7 Å². The average Bonchev–Trinajstić information content (AvgIpc) is 2.46. The molecular weight excluding hydrogens is 256 g/mol. The second kappa shape index (κ2) is 4.35. The van der Waals surface area contributed by atoms with Gasteiger partial charge in [-0.1, -0.05) is 42.5 Å². The molecule has 0 aliphatic carbocycles. The molecule has 0 radical (unpaired) electrons. The Hall–Kier alpha value is -2.33. The van der Waals surface area contributed by atoms with Crippen molar-refractivity contribution in [3.63, 3.8) is 0 Å². The molecule has 4 heteroatoms. The SMILES string of the molecule is CC1(C(O)C(=O)O)Oc2ccccc2-c2ccccc21. The highest BCUT2D eigenvalue weighted by atomic mass is 16.5. The summed E-state index contributed by atoms with van der Waals surface area (Å²) < 4.78 is 5.84. The van der Waals surface area contributed by atoms with E-state index in [2.05, 4.69) is 0 Å². The number of carbonyl (C=O) groups is 1. The van der Waals surface area contributed by atoms with Gasteiger partial charge in [-0.25, -0.2) is 4.79 Å². The molecule has 2 unspecified atom stereocenters. The first kappa shape index (κ1) is 12.7. The topological polar surface area (TPSA) is 66.8 Å². The highest BCUT2D eigenvalue weighted by Gasteiger charge is 2.46. The molecule has 20 heavy (non-hydrogen) atoms. The largest absolute Gasteiger partial charge is 0.479 e. The summed E-state index contributed by atoms with van der Waals surface area (Å²) in [5.74, 6) is -0.726. The summed E-state index contributed by atoms with van der Waals surface area (Å²) in [4.78, 5) is 11.2. The van der Waals surface area contributed by atoms with Crippen molar-refractivity contribution < 1.29 is 19.7 Å². The van der Waals surface area contributed by atoms with Crippen LogP contribution in [0.1, 0.15) is 12.5 Å². The number of carboxylic acid groups (broad SMARTS) is 1. The molecule has 0 aromatic heterocycles. The minimum absolute atomic E-state index is 0.578. The van der Waals surface area contributed by atoms with Crippen molar-refractivity contribution in [3.8, 4) is 16.9 Å². The van der Waals surface area contributed by atoms with Crippen LogP contribution in [0.4, 0.5) is 0 Å². The van der Waals surface area contributed by atoms with Crippen LogP contribution in [0.3, 0.4) is 0 Å². The van der Waals surface area contributed by atoms with Gasteiger partial charge in [0.1, 0.15) is 5.75 Å². The monoisotopic (exact) mass is 270 g/mol. The summed E-state index contributed by atoms with van der Waals surface area (Å²) in [5, 5.41) is 19.2. The van der Waals surface area contributed by atoms with E-state index < -0.39 is 17.7 Å². The first-order chi connectivity index (χ1) is 9.54. The Morgan fingerprint density at radius 2 is 1.70 bits per heavy atom. The highest BCUT2D eigenvalue weighted by Crippen LogP contribution is 2.46. The van der Waals surface area contributed by atoms with Crippen LogP contribution in [0.2, 0.25) is 0 Å². The first-order valence-corrected chi connectivity index (χ1v) is 6.33. The number of hydrogen-bond acceptors (Lipinski definition) is 3. The normalized spacial score (nSPS) is 21.3. The van der Waals surface area contributed by atoms with Crippen molar-refractivity contribution in [2.24, 2.45) is 0 Å². The number of rotatable bonds is 2. The van der Waals surface area contributed by atoms with E-state index in [4.69, 9.17) is 9.84 Å². The van der Waals surface area contributed by atoms with E-state index in [0.717, 1.165) is 11.1 Å². The Morgan fingerprint density at radius 1 is 1.10 bits per heavy atom. The van der Waals surface area contributed by atoms with E-state index in [1.165, 1.54) is 0 Å². The molecule has 2 atom stereocenters. The third kappa shape index (κ3) is 1.69. The number of ether oxygens (including phenoxy) is 1. The zero-order valence-electron chi connectivity index (χ0n) is 10.9. The van der Waals surface area contributed by atoms with Gasteiger partial charge in [-0.15, -0.1) is 0 Å². The van der Waals surface area contributed by atoms with Crippen LogP contribution >= 0.6 is 0 Å². The number of aliphatic carboxylic acids is 1. The Morgan fingerprint density at radius 3 is 2.40 bits per heavy atom. The summed E-state index contributed by atoms with van der Waals surface area (Å²) >= 11 is 0.